The van der Waals surface area contributed by atoms with Gasteiger partial charge in [0.2, 0.25) is 5.91 Å². The standard InChI is InChI=1S/C16H24N4O2/c1-2-17-15(21)14-13-7-6-12(10-20(13)11-18-14)16(22)19-8-4-3-5-9-19/h11-12H,2-10H2,1H3,(H,17,21). The number of carbonyl (C=O) groups is 2. The van der Waals surface area contributed by atoms with Gasteiger partial charge in [0, 0.05) is 26.2 Å². The lowest BCUT2D eigenvalue weighted by Crippen LogP contribution is -2.42. The molecule has 2 aliphatic rings. The summed E-state index contributed by atoms with van der Waals surface area (Å²) < 4.78 is 1.99. The van der Waals surface area contributed by atoms with E-state index in [9.17, 15) is 9.59 Å². The van der Waals surface area contributed by atoms with Gasteiger partial charge in [0.25, 0.3) is 5.91 Å². The Morgan fingerprint density at radius 3 is 2.82 bits per heavy atom. The van der Waals surface area contributed by atoms with Crippen molar-refractivity contribution in [2.24, 2.45) is 5.92 Å². The zero-order valence-electron chi connectivity index (χ0n) is 13.2. The van der Waals surface area contributed by atoms with Crippen molar-refractivity contribution < 1.29 is 9.59 Å². The molecule has 1 atom stereocenters. The molecular weight excluding hydrogens is 280 g/mol. The van der Waals surface area contributed by atoms with Gasteiger partial charge in [0.15, 0.2) is 0 Å². The Hall–Kier alpha value is -1.85. The van der Waals surface area contributed by atoms with Crippen LogP contribution >= 0.6 is 0 Å². The van der Waals surface area contributed by atoms with Gasteiger partial charge in [0.1, 0.15) is 5.69 Å². The number of carbonyl (C=O) groups excluding carboxylic acids is 2. The lowest BCUT2D eigenvalue weighted by molar-refractivity contribution is -0.137. The highest BCUT2D eigenvalue weighted by Gasteiger charge is 2.31. The van der Waals surface area contributed by atoms with Crippen LogP contribution in [0.15, 0.2) is 6.33 Å². The Balaban J connectivity index is 1.69. The third-order valence-corrected chi connectivity index (χ3v) is 4.66. The second kappa shape index (κ2) is 6.50. The smallest absolute Gasteiger partial charge is 0.271 e. The van der Waals surface area contributed by atoms with Crippen molar-refractivity contribution in [3.63, 3.8) is 0 Å². The van der Waals surface area contributed by atoms with Crippen LogP contribution in [0.25, 0.3) is 0 Å². The Labute approximate surface area is 130 Å². The van der Waals surface area contributed by atoms with Crippen LogP contribution in [0.1, 0.15) is 48.8 Å². The lowest BCUT2D eigenvalue weighted by atomic mass is 9.94. The molecule has 1 aromatic rings. The first-order valence-electron chi connectivity index (χ1n) is 8.31. The fourth-order valence-electron chi connectivity index (χ4n) is 3.47. The summed E-state index contributed by atoms with van der Waals surface area (Å²) in [5.41, 5.74) is 1.49. The number of aromatic nitrogens is 2. The highest BCUT2D eigenvalue weighted by molar-refractivity contribution is 5.93. The number of amides is 2. The molecule has 1 fully saturated rings. The van der Waals surface area contributed by atoms with Crippen LogP contribution in [-0.4, -0.2) is 45.9 Å². The van der Waals surface area contributed by atoms with Crippen LogP contribution < -0.4 is 5.32 Å². The molecule has 0 aliphatic carbocycles. The zero-order valence-corrected chi connectivity index (χ0v) is 13.2. The fraction of sp³-hybridized carbons (Fsp3) is 0.688. The van der Waals surface area contributed by atoms with Gasteiger partial charge in [-0.2, -0.15) is 0 Å². The van der Waals surface area contributed by atoms with Gasteiger partial charge >= 0.3 is 0 Å². The molecule has 2 aliphatic heterocycles. The van der Waals surface area contributed by atoms with Crippen molar-refractivity contribution in [1.82, 2.24) is 19.8 Å². The Bertz CT molecular complexity index is 560. The number of piperidine rings is 1. The quantitative estimate of drug-likeness (QED) is 0.912. The summed E-state index contributed by atoms with van der Waals surface area (Å²) in [4.78, 5) is 30.9. The topological polar surface area (TPSA) is 67.2 Å². The maximum atomic E-state index is 12.6. The highest BCUT2D eigenvalue weighted by Crippen LogP contribution is 2.25. The van der Waals surface area contributed by atoms with E-state index in [1.807, 2.05) is 16.4 Å². The molecule has 1 aromatic heterocycles. The number of nitrogens with zero attached hydrogens (tertiary/aromatic N) is 3. The summed E-state index contributed by atoms with van der Waals surface area (Å²) >= 11 is 0. The third-order valence-electron chi connectivity index (χ3n) is 4.66. The molecule has 0 spiro atoms. The van der Waals surface area contributed by atoms with Crippen molar-refractivity contribution in [2.75, 3.05) is 19.6 Å². The summed E-state index contributed by atoms with van der Waals surface area (Å²) in [6.07, 6.45) is 6.74. The highest BCUT2D eigenvalue weighted by atomic mass is 16.2. The van der Waals surface area contributed by atoms with Gasteiger partial charge in [-0.15, -0.1) is 0 Å². The fourth-order valence-corrected chi connectivity index (χ4v) is 3.47. The zero-order chi connectivity index (χ0) is 15.5. The lowest BCUT2D eigenvalue weighted by Gasteiger charge is -2.32. The molecule has 1 unspecified atom stereocenters. The monoisotopic (exact) mass is 304 g/mol. The first-order chi connectivity index (χ1) is 10.7. The molecule has 0 radical (unpaired) electrons. The molecule has 0 bridgehead atoms. The summed E-state index contributed by atoms with van der Waals surface area (Å²) in [5, 5.41) is 2.79. The Kier molecular flexibility index (Phi) is 4.45. The molecule has 22 heavy (non-hydrogen) atoms. The number of nitrogens with one attached hydrogen (secondary N) is 1. The molecular formula is C16H24N4O2. The number of fused-ring (bicyclic) bond motifs is 1. The van der Waals surface area contributed by atoms with E-state index in [0.717, 1.165) is 44.5 Å². The van der Waals surface area contributed by atoms with Crippen LogP contribution in [0.3, 0.4) is 0 Å². The van der Waals surface area contributed by atoms with Gasteiger partial charge in [-0.25, -0.2) is 4.98 Å². The van der Waals surface area contributed by atoms with Crippen molar-refractivity contribution in [1.29, 1.82) is 0 Å². The minimum Gasteiger partial charge on any atom is -0.351 e. The van der Waals surface area contributed by atoms with Crippen LogP contribution in [0.4, 0.5) is 0 Å². The van der Waals surface area contributed by atoms with Gasteiger partial charge in [0.05, 0.1) is 17.9 Å². The molecule has 6 heteroatoms. The maximum absolute atomic E-state index is 12.6. The van der Waals surface area contributed by atoms with Crippen LogP contribution in [0.5, 0.6) is 0 Å². The number of hydrogen-bond donors (Lipinski definition) is 1. The molecule has 120 valence electrons. The van der Waals surface area contributed by atoms with E-state index < -0.39 is 0 Å². The van der Waals surface area contributed by atoms with Gasteiger partial charge in [-0.1, -0.05) is 0 Å². The summed E-state index contributed by atoms with van der Waals surface area (Å²) in [5.74, 6) is 0.192. The second-order valence-electron chi connectivity index (χ2n) is 6.17. The molecule has 6 nitrogen and oxygen atoms in total. The van der Waals surface area contributed by atoms with Crippen LogP contribution in [0, 0.1) is 5.92 Å². The molecule has 0 saturated carbocycles. The van der Waals surface area contributed by atoms with E-state index in [2.05, 4.69) is 10.3 Å². The van der Waals surface area contributed by atoms with E-state index in [1.54, 1.807) is 6.33 Å². The average molecular weight is 304 g/mol. The minimum absolute atomic E-state index is 0.0295. The number of likely N-dealkylation sites (tertiary alicyclic amines) is 1. The third kappa shape index (κ3) is 2.87. The van der Waals surface area contributed by atoms with E-state index in [0.29, 0.717) is 18.8 Å². The molecule has 1 N–H and O–H groups in total. The number of imidazole rings is 1. The normalized spacial score (nSPS) is 21.3. The second-order valence-corrected chi connectivity index (χ2v) is 6.17. The van der Waals surface area contributed by atoms with Gasteiger partial charge in [-0.3, -0.25) is 9.59 Å². The SMILES string of the molecule is CCNC(=O)c1ncn2c1CCC(C(=O)N1CCCCC1)C2. The van der Waals surface area contributed by atoms with Crippen LogP contribution in [0.2, 0.25) is 0 Å². The van der Waals surface area contributed by atoms with Gasteiger partial charge < -0.3 is 14.8 Å². The largest absolute Gasteiger partial charge is 0.351 e. The number of hydrogen-bond acceptors (Lipinski definition) is 3. The Morgan fingerprint density at radius 2 is 2.09 bits per heavy atom. The Morgan fingerprint density at radius 1 is 1.32 bits per heavy atom. The predicted octanol–water partition coefficient (Wildman–Crippen LogP) is 1.21. The maximum Gasteiger partial charge on any atom is 0.271 e. The summed E-state index contributed by atoms with van der Waals surface area (Å²) in [6, 6.07) is 0. The van der Waals surface area contributed by atoms with E-state index >= 15 is 0 Å². The summed E-state index contributed by atoms with van der Waals surface area (Å²) in [6.45, 7) is 4.94. The van der Waals surface area contributed by atoms with E-state index in [4.69, 9.17) is 0 Å². The molecule has 2 amide bonds. The van der Waals surface area contributed by atoms with E-state index in [1.165, 1.54) is 6.42 Å². The van der Waals surface area contributed by atoms with E-state index in [-0.39, 0.29) is 17.7 Å². The molecule has 0 aromatic carbocycles. The molecule has 1 saturated heterocycles. The minimum atomic E-state index is -0.114. The molecule has 3 rings (SSSR count). The number of rotatable bonds is 3. The summed E-state index contributed by atoms with van der Waals surface area (Å²) in [7, 11) is 0. The first-order valence-corrected chi connectivity index (χ1v) is 8.31. The van der Waals surface area contributed by atoms with Crippen molar-refractivity contribution >= 4 is 11.8 Å². The first kappa shape index (κ1) is 15.1. The van der Waals surface area contributed by atoms with Crippen molar-refractivity contribution in [3.8, 4) is 0 Å². The average Bonchev–Trinajstić information content (AvgIpc) is 2.98. The van der Waals surface area contributed by atoms with Gasteiger partial charge in [-0.05, 0) is 39.0 Å². The molecule has 3 heterocycles. The van der Waals surface area contributed by atoms with Crippen molar-refractivity contribution in [2.45, 2.75) is 45.6 Å². The van der Waals surface area contributed by atoms with Crippen molar-refractivity contribution in [3.05, 3.63) is 17.7 Å². The van der Waals surface area contributed by atoms with Crippen LogP contribution in [-0.2, 0) is 17.8 Å². The predicted molar refractivity (Wildman–Crippen MR) is 82.5 cm³/mol.